The number of nitrogens with one attached hydrogen (secondary N) is 3. The Bertz CT molecular complexity index is 893. The summed E-state index contributed by atoms with van der Waals surface area (Å²) in [5.74, 6) is 0.807. The molecule has 0 bridgehead atoms. The van der Waals surface area contributed by atoms with Gasteiger partial charge in [0, 0.05) is 44.8 Å². The Morgan fingerprint density at radius 2 is 1.91 bits per heavy atom. The van der Waals surface area contributed by atoms with E-state index in [9.17, 15) is 4.79 Å². The van der Waals surface area contributed by atoms with Crippen molar-refractivity contribution in [3.8, 4) is 0 Å². The maximum Gasteiger partial charge on any atom is 0.225 e. The number of hydrogen-bond donors (Lipinski definition) is 3. The van der Waals surface area contributed by atoms with Gasteiger partial charge in [-0.05, 0) is 42.7 Å². The average molecular weight is 438 g/mol. The smallest absolute Gasteiger partial charge is 0.225 e. The predicted octanol–water partition coefficient (Wildman–Crippen LogP) is 2.91. The van der Waals surface area contributed by atoms with Gasteiger partial charge in [0.05, 0.1) is 19.8 Å². The molecule has 1 fully saturated rings. The van der Waals surface area contributed by atoms with E-state index in [0.29, 0.717) is 13.0 Å². The van der Waals surface area contributed by atoms with Crippen molar-refractivity contribution in [1.82, 2.24) is 15.5 Å². The van der Waals surface area contributed by atoms with Crippen LogP contribution in [-0.4, -0.2) is 56.2 Å². The Labute approximate surface area is 191 Å². The highest BCUT2D eigenvalue weighted by atomic mass is 16.5. The molecule has 3 N–H and O–H groups in total. The van der Waals surface area contributed by atoms with Crippen molar-refractivity contribution in [2.75, 3.05) is 44.7 Å². The lowest BCUT2D eigenvalue weighted by Crippen LogP contribution is -2.38. The van der Waals surface area contributed by atoms with Crippen LogP contribution in [0.5, 0.6) is 0 Å². The maximum atomic E-state index is 12.3. The molecular weight excluding hydrogens is 402 g/mol. The van der Waals surface area contributed by atoms with E-state index in [2.05, 4.69) is 52.9 Å². The number of morpholine rings is 1. The van der Waals surface area contributed by atoms with Crippen LogP contribution in [0.2, 0.25) is 0 Å². The van der Waals surface area contributed by atoms with Crippen molar-refractivity contribution in [2.45, 2.75) is 33.4 Å². The number of aliphatic imine (C=N–C) groups is 1. The highest BCUT2D eigenvalue weighted by Gasteiger charge is 2.12. The number of ether oxygens (including phenoxy) is 1. The predicted molar refractivity (Wildman–Crippen MR) is 130 cm³/mol. The second-order valence-corrected chi connectivity index (χ2v) is 7.93. The topological polar surface area (TPSA) is 78.0 Å². The van der Waals surface area contributed by atoms with Gasteiger partial charge in [-0.3, -0.25) is 9.69 Å². The van der Waals surface area contributed by atoms with Gasteiger partial charge in [-0.15, -0.1) is 0 Å². The van der Waals surface area contributed by atoms with E-state index in [1.807, 2.05) is 30.3 Å². The van der Waals surface area contributed by atoms with Crippen LogP contribution in [0.15, 0.2) is 53.5 Å². The van der Waals surface area contributed by atoms with E-state index in [1.54, 1.807) is 0 Å². The standard InChI is InChI=1S/C25H35N5O2/c1-3-26-25(28-19-22-9-5-4-7-20(22)2)27-18-21-8-6-10-23(17-21)29-24(31)11-12-30-13-15-32-16-14-30/h4-10,17H,3,11-16,18-19H2,1-2H3,(H,29,31)(H2,26,27,28). The molecule has 1 aliphatic rings. The van der Waals surface area contributed by atoms with Crippen molar-refractivity contribution < 1.29 is 9.53 Å². The third-order valence-corrected chi connectivity index (χ3v) is 5.44. The number of hydrogen-bond acceptors (Lipinski definition) is 4. The highest BCUT2D eigenvalue weighted by molar-refractivity contribution is 5.90. The van der Waals surface area contributed by atoms with Crippen molar-refractivity contribution >= 4 is 17.6 Å². The molecule has 2 aromatic rings. The van der Waals surface area contributed by atoms with Crippen molar-refractivity contribution in [2.24, 2.45) is 4.99 Å². The Kier molecular flexibility index (Phi) is 9.53. The molecule has 7 nitrogen and oxygen atoms in total. The van der Waals surface area contributed by atoms with Gasteiger partial charge in [-0.2, -0.15) is 0 Å². The molecule has 3 rings (SSSR count). The first-order valence-corrected chi connectivity index (χ1v) is 11.4. The number of benzene rings is 2. The summed E-state index contributed by atoms with van der Waals surface area (Å²) in [6.07, 6.45) is 0.482. The summed E-state index contributed by atoms with van der Waals surface area (Å²) < 4.78 is 5.35. The Balaban J connectivity index is 1.51. The molecule has 0 atom stereocenters. The zero-order valence-electron chi connectivity index (χ0n) is 19.2. The summed E-state index contributed by atoms with van der Waals surface area (Å²) in [4.78, 5) is 19.3. The second kappa shape index (κ2) is 12.8. The Morgan fingerprint density at radius 3 is 2.69 bits per heavy atom. The molecule has 0 spiro atoms. The summed E-state index contributed by atoms with van der Waals surface area (Å²) in [5.41, 5.74) is 4.36. The first kappa shape index (κ1) is 23.8. The van der Waals surface area contributed by atoms with Crippen molar-refractivity contribution in [3.05, 3.63) is 65.2 Å². The molecule has 32 heavy (non-hydrogen) atoms. The molecule has 0 unspecified atom stereocenters. The van der Waals surface area contributed by atoms with Crippen LogP contribution in [0.3, 0.4) is 0 Å². The van der Waals surface area contributed by atoms with Crippen LogP contribution >= 0.6 is 0 Å². The minimum atomic E-state index is 0.0328. The number of carbonyl (C=O) groups excluding carboxylic acids is 1. The van der Waals surface area contributed by atoms with Crippen LogP contribution in [-0.2, 0) is 22.6 Å². The fourth-order valence-corrected chi connectivity index (χ4v) is 3.55. The van der Waals surface area contributed by atoms with Gasteiger partial charge in [-0.25, -0.2) is 4.99 Å². The van der Waals surface area contributed by atoms with E-state index < -0.39 is 0 Å². The summed E-state index contributed by atoms with van der Waals surface area (Å²) in [6.45, 7) is 10.3. The Hall–Kier alpha value is -2.90. The van der Waals surface area contributed by atoms with Crippen LogP contribution in [0.4, 0.5) is 5.69 Å². The average Bonchev–Trinajstić information content (AvgIpc) is 2.81. The van der Waals surface area contributed by atoms with Crippen LogP contribution < -0.4 is 16.0 Å². The first-order valence-electron chi connectivity index (χ1n) is 11.4. The number of rotatable bonds is 9. The van der Waals surface area contributed by atoms with Gasteiger partial charge in [0.25, 0.3) is 0 Å². The minimum absolute atomic E-state index is 0.0328. The van der Waals surface area contributed by atoms with E-state index in [0.717, 1.165) is 63.1 Å². The van der Waals surface area contributed by atoms with E-state index in [-0.39, 0.29) is 5.91 Å². The van der Waals surface area contributed by atoms with Gasteiger partial charge >= 0.3 is 0 Å². The van der Waals surface area contributed by atoms with Crippen LogP contribution in [0.1, 0.15) is 30.0 Å². The van der Waals surface area contributed by atoms with E-state index in [4.69, 9.17) is 9.73 Å². The molecule has 1 heterocycles. The third-order valence-electron chi connectivity index (χ3n) is 5.44. The highest BCUT2D eigenvalue weighted by Crippen LogP contribution is 2.12. The summed E-state index contributed by atoms with van der Waals surface area (Å²) >= 11 is 0. The quantitative estimate of drug-likeness (QED) is 0.415. The summed E-state index contributed by atoms with van der Waals surface area (Å²) in [7, 11) is 0. The van der Waals surface area contributed by atoms with Crippen LogP contribution in [0, 0.1) is 6.92 Å². The number of nitrogens with zero attached hydrogens (tertiary/aromatic N) is 2. The molecule has 0 aliphatic carbocycles. The minimum Gasteiger partial charge on any atom is -0.379 e. The SMILES string of the molecule is CCNC(=NCc1cccc(NC(=O)CCN2CCOCC2)c1)NCc1ccccc1C. The molecule has 7 heteroatoms. The normalized spacial score (nSPS) is 14.8. The number of guanidine groups is 1. The second-order valence-electron chi connectivity index (χ2n) is 7.93. The maximum absolute atomic E-state index is 12.3. The van der Waals surface area contributed by atoms with Crippen molar-refractivity contribution in [3.63, 3.8) is 0 Å². The lowest BCUT2D eigenvalue weighted by Gasteiger charge is -2.26. The molecule has 0 radical (unpaired) electrons. The fraction of sp³-hybridized carbons (Fsp3) is 0.440. The Morgan fingerprint density at radius 1 is 1.09 bits per heavy atom. The van der Waals surface area contributed by atoms with Gasteiger partial charge in [0.1, 0.15) is 0 Å². The first-order chi connectivity index (χ1) is 15.6. The number of aryl methyl sites for hydroxylation is 1. The van der Waals surface area contributed by atoms with Gasteiger partial charge in [0.15, 0.2) is 5.96 Å². The molecular formula is C25H35N5O2. The summed E-state index contributed by atoms with van der Waals surface area (Å²) in [5, 5.41) is 9.70. The fourth-order valence-electron chi connectivity index (χ4n) is 3.55. The lowest BCUT2D eigenvalue weighted by molar-refractivity contribution is -0.116. The van der Waals surface area contributed by atoms with Gasteiger partial charge in [0.2, 0.25) is 5.91 Å². The van der Waals surface area contributed by atoms with E-state index >= 15 is 0 Å². The molecule has 2 aromatic carbocycles. The number of amides is 1. The zero-order valence-corrected chi connectivity index (χ0v) is 19.2. The number of anilines is 1. The molecule has 1 saturated heterocycles. The zero-order chi connectivity index (χ0) is 22.6. The van der Waals surface area contributed by atoms with Crippen LogP contribution in [0.25, 0.3) is 0 Å². The molecule has 0 saturated carbocycles. The van der Waals surface area contributed by atoms with Gasteiger partial charge in [-0.1, -0.05) is 36.4 Å². The van der Waals surface area contributed by atoms with E-state index in [1.165, 1.54) is 11.1 Å². The largest absolute Gasteiger partial charge is 0.379 e. The number of carbonyl (C=O) groups is 1. The van der Waals surface area contributed by atoms with Crippen molar-refractivity contribution in [1.29, 1.82) is 0 Å². The lowest BCUT2D eigenvalue weighted by atomic mass is 10.1. The monoisotopic (exact) mass is 437 g/mol. The summed E-state index contributed by atoms with van der Waals surface area (Å²) in [6, 6.07) is 16.2. The van der Waals surface area contributed by atoms with Gasteiger partial charge < -0.3 is 20.7 Å². The molecule has 0 aromatic heterocycles. The third kappa shape index (κ3) is 7.98. The molecule has 1 aliphatic heterocycles. The molecule has 172 valence electrons. The molecule has 1 amide bonds.